The first-order valence-corrected chi connectivity index (χ1v) is 6.74. The Kier molecular flexibility index (Phi) is 5.33. The number of hydrogen-bond acceptors (Lipinski definition) is 3. The third-order valence-corrected chi connectivity index (χ3v) is 3.98. The van der Waals surface area contributed by atoms with Gasteiger partial charge in [-0.1, -0.05) is 13.8 Å². The van der Waals surface area contributed by atoms with Crippen molar-refractivity contribution in [1.29, 1.82) is 0 Å². The first-order valence-electron chi connectivity index (χ1n) is 6.74. The molecular formula is C14H23N3O3. The Balaban J connectivity index is 2.79. The molecule has 0 unspecified atom stereocenters. The smallest absolute Gasteiger partial charge is 0.267 e. The molecule has 0 aliphatic heterocycles. The molecule has 0 saturated carbocycles. The van der Waals surface area contributed by atoms with Crippen LogP contribution in [-0.2, 0) is 7.05 Å². The van der Waals surface area contributed by atoms with Crippen LogP contribution in [0, 0.1) is 5.41 Å². The predicted octanol–water partition coefficient (Wildman–Crippen LogP) is 0.652. The summed E-state index contributed by atoms with van der Waals surface area (Å²) in [7, 11) is 1.68. The highest BCUT2D eigenvalue weighted by molar-refractivity contribution is 5.98. The first kappa shape index (κ1) is 16.2. The molecule has 2 amide bonds. The van der Waals surface area contributed by atoms with Gasteiger partial charge >= 0.3 is 0 Å². The molecule has 112 valence electrons. The van der Waals surface area contributed by atoms with E-state index in [0.29, 0.717) is 17.8 Å². The number of aryl methyl sites for hydroxylation is 1. The lowest BCUT2D eigenvalue weighted by Gasteiger charge is -2.29. The van der Waals surface area contributed by atoms with Gasteiger partial charge in [0.25, 0.3) is 5.91 Å². The normalized spacial score (nSPS) is 11.4. The summed E-state index contributed by atoms with van der Waals surface area (Å²) in [5.74, 6) is -0.841. The molecule has 0 aliphatic rings. The Bertz CT molecular complexity index is 482. The van der Waals surface area contributed by atoms with Gasteiger partial charge in [0.2, 0.25) is 5.91 Å². The number of aromatic nitrogens is 1. The number of nitrogens with zero attached hydrogens (tertiary/aromatic N) is 1. The number of hydrogen-bond donors (Lipinski definition) is 3. The molecule has 6 heteroatoms. The maximum atomic E-state index is 12.1. The van der Waals surface area contributed by atoms with E-state index in [1.54, 1.807) is 11.6 Å². The van der Waals surface area contributed by atoms with Gasteiger partial charge in [-0.05, 0) is 18.9 Å². The Hall–Kier alpha value is -1.82. The zero-order chi connectivity index (χ0) is 15.3. The van der Waals surface area contributed by atoms with Crippen LogP contribution in [0.2, 0.25) is 0 Å². The SMILES string of the molecule is CCC(CC)(CO)CNC(=O)c1cc(C(N)=O)cn1C. The van der Waals surface area contributed by atoms with Crippen LogP contribution in [0.1, 0.15) is 47.5 Å². The number of aliphatic hydroxyl groups excluding tert-OH is 1. The molecule has 0 atom stereocenters. The summed E-state index contributed by atoms with van der Waals surface area (Å²) in [4.78, 5) is 23.2. The summed E-state index contributed by atoms with van der Waals surface area (Å²) >= 11 is 0. The highest BCUT2D eigenvalue weighted by atomic mass is 16.3. The maximum Gasteiger partial charge on any atom is 0.267 e. The fraction of sp³-hybridized carbons (Fsp3) is 0.571. The van der Waals surface area contributed by atoms with Crippen LogP contribution in [0.4, 0.5) is 0 Å². The maximum absolute atomic E-state index is 12.1. The zero-order valence-electron chi connectivity index (χ0n) is 12.3. The van der Waals surface area contributed by atoms with E-state index >= 15 is 0 Å². The van der Waals surface area contributed by atoms with Crippen molar-refractivity contribution in [1.82, 2.24) is 9.88 Å². The van der Waals surface area contributed by atoms with Crippen molar-refractivity contribution >= 4 is 11.8 Å². The third kappa shape index (κ3) is 3.39. The molecule has 20 heavy (non-hydrogen) atoms. The minimum atomic E-state index is -0.563. The highest BCUT2D eigenvalue weighted by Gasteiger charge is 2.26. The largest absolute Gasteiger partial charge is 0.396 e. The molecule has 0 bridgehead atoms. The van der Waals surface area contributed by atoms with E-state index < -0.39 is 5.91 Å². The third-order valence-electron chi connectivity index (χ3n) is 3.98. The van der Waals surface area contributed by atoms with E-state index in [9.17, 15) is 14.7 Å². The molecule has 0 radical (unpaired) electrons. The molecule has 1 rings (SSSR count). The number of nitrogens with one attached hydrogen (secondary N) is 1. The van der Waals surface area contributed by atoms with Gasteiger partial charge in [-0.3, -0.25) is 9.59 Å². The Morgan fingerprint density at radius 2 is 2.00 bits per heavy atom. The minimum Gasteiger partial charge on any atom is -0.396 e. The van der Waals surface area contributed by atoms with Crippen molar-refractivity contribution in [3.63, 3.8) is 0 Å². The van der Waals surface area contributed by atoms with E-state index in [4.69, 9.17) is 5.73 Å². The van der Waals surface area contributed by atoms with E-state index in [-0.39, 0.29) is 17.9 Å². The van der Waals surface area contributed by atoms with Crippen LogP contribution < -0.4 is 11.1 Å². The van der Waals surface area contributed by atoms with E-state index in [1.807, 2.05) is 13.8 Å². The van der Waals surface area contributed by atoms with Gasteiger partial charge in [-0.2, -0.15) is 0 Å². The van der Waals surface area contributed by atoms with Gasteiger partial charge in [0.1, 0.15) is 5.69 Å². The van der Waals surface area contributed by atoms with E-state index in [1.165, 1.54) is 12.3 Å². The molecule has 1 heterocycles. The van der Waals surface area contributed by atoms with Gasteiger partial charge in [-0.25, -0.2) is 0 Å². The molecular weight excluding hydrogens is 258 g/mol. The first-order chi connectivity index (χ1) is 9.39. The monoisotopic (exact) mass is 281 g/mol. The van der Waals surface area contributed by atoms with Crippen LogP contribution in [0.5, 0.6) is 0 Å². The van der Waals surface area contributed by atoms with Gasteiger partial charge in [0.15, 0.2) is 0 Å². The molecule has 0 aliphatic carbocycles. The van der Waals surface area contributed by atoms with Crippen molar-refractivity contribution in [2.24, 2.45) is 18.2 Å². The van der Waals surface area contributed by atoms with Crippen molar-refractivity contribution in [2.75, 3.05) is 13.2 Å². The molecule has 0 saturated heterocycles. The highest BCUT2D eigenvalue weighted by Crippen LogP contribution is 2.24. The van der Waals surface area contributed by atoms with Gasteiger partial charge in [-0.15, -0.1) is 0 Å². The second kappa shape index (κ2) is 6.56. The van der Waals surface area contributed by atoms with E-state index in [2.05, 4.69) is 5.32 Å². The lowest BCUT2D eigenvalue weighted by Crippen LogP contribution is -2.39. The van der Waals surface area contributed by atoms with Gasteiger partial charge < -0.3 is 20.7 Å². The minimum absolute atomic E-state index is 0.0277. The van der Waals surface area contributed by atoms with Gasteiger partial charge in [0, 0.05) is 25.2 Å². The van der Waals surface area contributed by atoms with Crippen molar-refractivity contribution in [3.05, 3.63) is 23.5 Å². The molecule has 4 N–H and O–H groups in total. The van der Waals surface area contributed by atoms with Crippen molar-refractivity contribution in [3.8, 4) is 0 Å². The van der Waals surface area contributed by atoms with Gasteiger partial charge in [0.05, 0.1) is 12.2 Å². The summed E-state index contributed by atoms with van der Waals surface area (Å²) in [6.07, 6.45) is 3.08. The topological polar surface area (TPSA) is 97.3 Å². The number of aliphatic hydroxyl groups is 1. The standard InChI is InChI=1S/C14H23N3O3/c1-4-14(5-2,9-18)8-16-13(20)11-6-10(12(15)19)7-17(11)3/h6-7,18H,4-5,8-9H2,1-3H3,(H2,15,19)(H,16,20). The van der Waals surface area contributed by atoms with Crippen LogP contribution in [0.15, 0.2) is 12.3 Å². The van der Waals surface area contributed by atoms with Crippen LogP contribution >= 0.6 is 0 Å². The number of carbonyl (C=O) groups excluding carboxylic acids is 2. The lowest BCUT2D eigenvalue weighted by molar-refractivity contribution is 0.0844. The molecule has 0 fully saturated rings. The Morgan fingerprint density at radius 3 is 2.40 bits per heavy atom. The second-order valence-electron chi connectivity index (χ2n) is 5.14. The van der Waals surface area contributed by atoms with Crippen LogP contribution in [0.3, 0.4) is 0 Å². The summed E-state index contributed by atoms with van der Waals surface area (Å²) in [6, 6.07) is 1.47. The van der Waals surface area contributed by atoms with Crippen LogP contribution in [0.25, 0.3) is 0 Å². The van der Waals surface area contributed by atoms with Crippen molar-refractivity contribution < 1.29 is 14.7 Å². The fourth-order valence-electron chi connectivity index (χ4n) is 2.06. The average Bonchev–Trinajstić information content (AvgIpc) is 2.83. The number of carbonyl (C=O) groups is 2. The number of nitrogens with two attached hydrogens (primary N) is 1. The van der Waals surface area contributed by atoms with Crippen LogP contribution in [-0.4, -0.2) is 34.6 Å². The summed E-state index contributed by atoms with van der Waals surface area (Å²) in [5.41, 5.74) is 5.56. The zero-order valence-corrected chi connectivity index (χ0v) is 12.3. The number of rotatable bonds is 7. The lowest BCUT2D eigenvalue weighted by atomic mass is 9.83. The number of primary amides is 1. The quantitative estimate of drug-likeness (QED) is 0.684. The predicted molar refractivity (Wildman–Crippen MR) is 76.4 cm³/mol. The Labute approximate surface area is 119 Å². The number of amides is 2. The fourth-order valence-corrected chi connectivity index (χ4v) is 2.06. The average molecular weight is 281 g/mol. The molecule has 1 aromatic heterocycles. The second-order valence-corrected chi connectivity index (χ2v) is 5.14. The molecule has 0 spiro atoms. The molecule has 0 aromatic carbocycles. The Morgan fingerprint density at radius 1 is 1.40 bits per heavy atom. The van der Waals surface area contributed by atoms with E-state index in [0.717, 1.165) is 12.8 Å². The molecule has 6 nitrogen and oxygen atoms in total. The summed E-state index contributed by atoms with van der Waals surface area (Å²) < 4.78 is 1.56. The van der Waals surface area contributed by atoms with Crippen molar-refractivity contribution in [2.45, 2.75) is 26.7 Å². The molecule has 1 aromatic rings. The summed E-state index contributed by atoms with van der Waals surface area (Å²) in [5, 5.41) is 12.3. The summed E-state index contributed by atoms with van der Waals surface area (Å²) in [6.45, 7) is 4.39.